The maximum Gasteiger partial charge on any atom is 0.131 e. The van der Waals surface area contributed by atoms with E-state index < -0.39 is 0 Å². The fourth-order valence-electron chi connectivity index (χ4n) is 1.81. The molecule has 1 heterocycles. The largest absolute Gasteiger partial charge is 0.308 e. The van der Waals surface area contributed by atoms with Crippen LogP contribution in [0.3, 0.4) is 0 Å². The zero-order valence-electron chi connectivity index (χ0n) is 10.4. The Hall–Kier alpha value is -1.39. The average molecular weight is 268 g/mol. The smallest absolute Gasteiger partial charge is 0.131 e. The Balaban J connectivity index is 1.94. The summed E-state index contributed by atoms with van der Waals surface area (Å²) < 4.78 is 14.4. The van der Waals surface area contributed by atoms with Gasteiger partial charge in [-0.1, -0.05) is 23.7 Å². The summed E-state index contributed by atoms with van der Waals surface area (Å²) in [6.45, 7) is 3.25. The zero-order chi connectivity index (χ0) is 13.1. The molecule has 0 aliphatic heterocycles. The van der Waals surface area contributed by atoms with E-state index in [1.807, 2.05) is 14.0 Å². The van der Waals surface area contributed by atoms with E-state index in [1.54, 1.807) is 16.8 Å². The quantitative estimate of drug-likeness (QED) is 0.923. The Labute approximate surface area is 111 Å². The van der Waals surface area contributed by atoms with Crippen LogP contribution in [0.15, 0.2) is 24.3 Å². The normalized spacial score (nSPS) is 10.9. The minimum absolute atomic E-state index is 0.218. The van der Waals surface area contributed by atoms with Gasteiger partial charge >= 0.3 is 0 Å². The lowest BCUT2D eigenvalue weighted by Crippen LogP contribution is -2.13. The molecule has 0 saturated heterocycles. The van der Waals surface area contributed by atoms with Gasteiger partial charge in [0.05, 0.1) is 5.69 Å². The van der Waals surface area contributed by atoms with Crippen molar-refractivity contribution in [2.45, 2.75) is 20.0 Å². The van der Waals surface area contributed by atoms with E-state index in [9.17, 15) is 4.39 Å². The molecule has 1 N–H and O–H groups in total. The van der Waals surface area contributed by atoms with Gasteiger partial charge in [0.15, 0.2) is 0 Å². The monoisotopic (exact) mass is 267 g/mol. The molecule has 2 rings (SSSR count). The lowest BCUT2D eigenvalue weighted by Gasteiger charge is -2.05. The molecule has 3 nitrogen and oxygen atoms in total. The Kier molecular flexibility index (Phi) is 3.99. The van der Waals surface area contributed by atoms with E-state index in [4.69, 9.17) is 11.6 Å². The first-order valence-corrected chi connectivity index (χ1v) is 6.09. The molecule has 0 radical (unpaired) electrons. The van der Waals surface area contributed by atoms with Gasteiger partial charge in [0.2, 0.25) is 0 Å². The van der Waals surface area contributed by atoms with Crippen LogP contribution in [0.1, 0.15) is 16.8 Å². The van der Waals surface area contributed by atoms with Gasteiger partial charge in [0, 0.05) is 25.7 Å². The first-order chi connectivity index (χ1) is 8.58. The molecular weight excluding hydrogens is 253 g/mol. The fraction of sp³-hybridized carbons (Fsp3) is 0.308. The van der Waals surface area contributed by atoms with Gasteiger partial charge in [0.1, 0.15) is 11.0 Å². The summed E-state index contributed by atoms with van der Waals surface area (Å²) in [6.07, 6.45) is 0. The molecule has 0 fully saturated rings. The summed E-state index contributed by atoms with van der Waals surface area (Å²) >= 11 is 6.13. The molecule has 0 aliphatic rings. The van der Waals surface area contributed by atoms with Crippen molar-refractivity contribution in [3.8, 4) is 0 Å². The lowest BCUT2D eigenvalue weighted by atomic mass is 10.2. The first kappa shape index (κ1) is 13.1. The van der Waals surface area contributed by atoms with E-state index in [-0.39, 0.29) is 5.82 Å². The van der Waals surface area contributed by atoms with E-state index in [1.165, 1.54) is 12.1 Å². The molecule has 1 aromatic heterocycles. The molecule has 0 unspecified atom stereocenters. The number of halogens is 2. The number of rotatable bonds is 4. The number of benzene rings is 1. The second-order valence-corrected chi connectivity index (χ2v) is 4.57. The van der Waals surface area contributed by atoms with Crippen molar-refractivity contribution in [3.63, 3.8) is 0 Å². The Morgan fingerprint density at radius 2 is 1.94 bits per heavy atom. The second kappa shape index (κ2) is 5.50. The molecule has 5 heteroatoms. The number of nitrogens with zero attached hydrogens (tertiary/aromatic N) is 2. The van der Waals surface area contributed by atoms with Crippen LogP contribution in [-0.4, -0.2) is 9.78 Å². The predicted molar refractivity (Wildman–Crippen MR) is 69.9 cm³/mol. The number of hydrogen-bond acceptors (Lipinski definition) is 2. The number of aromatic nitrogens is 2. The predicted octanol–water partition coefficient (Wildman–Crippen LogP) is 2.81. The van der Waals surface area contributed by atoms with Crippen molar-refractivity contribution < 1.29 is 4.39 Å². The van der Waals surface area contributed by atoms with Crippen molar-refractivity contribution in [2.75, 3.05) is 0 Å². The molecule has 0 bridgehead atoms. The summed E-state index contributed by atoms with van der Waals surface area (Å²) in [6, 6.07) is 6.44. The molecule has 0 aliphatic carbocycles. The second-order valence-electron chi connectivity index (χ2n) is 4.21. The van der Waals surface area contributed by atoms with Gasteiger partial charge in [-0.15, -0.1) is 0 Å². The van der Waals surface area contributed by atoms with Crippen LogP contribution in [-0.2, 0) is 20.1 Å². The van der Waals surface area contributed by atoms with Gasteiger partial charge in [-0.25, -0.2) is 4.39 Å². The third kappa shape index (κ3) is 2.89. The standard InChI is InChI=1S/C13H15ClFN3/c1-9-12(13(14)18(2)17-9)8-16-7-10-3-5-11(15)6-4-10/h3-6,16H,7-8H2,1-2H3. The number of hydrogen-bond donors (Lipinski definition) is 1. The highest BCUT2D eigenvalue weighted by molar-refractivity contribution is 6.30. The van der Waals surface area contributed by atoms with Gasteiger partial charge in [-0.05, 0) is 24.6 Å². The number of nitrogens with one attached hydrogen (secondary N) is 1. The Morgan fingerprint density at radius 3 is 2.50 bits per heavy atom. The van der Waals surface area contributed by atoms with Crippen LogP contribution >= 0.6 is 11.6 Å². The molecule has 0 amide bonds. The minimum Gasteiger partial charge on any atom is -0.308 e. The summed E-state index contributed by atoms with van der Waals surface area (Å²) in [4.78, 5) is 0. The third-order valence-corrected chi connectivity index (χ3v) is 3.29. The maximum absolute atomic E-state index is 12.7. The molecule has 0 spiro atoms. The Morgan fingerprint density at radius 1 is 1.28 bits per heavy atom. The fourth-order valence-corrected chi connectivity index (χ4v) is 2.05. The van der Waals surface area contributed by atoms with Crippen molar-refractivity contribution in [1.82, 2.24) is 15.1 Å². The van der Waals surface area contributed by atoms with Gasteiger partial charge in [-0.3, -0.25) is 4.68 Å². The maximum atomic E-state index is 12.7. The van der Waals surface area contributed by atoms with Crippen LogP contribution in [0, 0.1) is 12.7 Å². The zero-order valence-corrected chi connectivity index (χ0v) is 11.1. The van der Waals surface area contributed by atoms with Crippen LogP contribution in [0.2, 0.25) is 5.15 Å². The SMILES string of the molecule is Cc1nn(C)c(Cl)c1CNCc1ccc(F)cc1. The van der Waals surface area contributed by atoms with E-state index in [0.717, 1.165) is 16.8 Å². The lowest BCUT2D eigenvalue weighted by molar-refractivity contribution is 0.625. The number of aryl methyl sites for hydroxylation is 2. The van der Waals surface area contributed by atoms with Crippen molar-refractivity contribution in [1.29, 1.82) is 0 Å². The van der Waals surface area contributed by atoms with Crippen LogP contribution in [0.25, 0.3) is 0 Å². The molecule has 0 atom stereocenters. The van der Waals surface area contributed by atoms with Gasteiger partial charge < -0.3 is 5.32 Å². The summed E-state index contributed by atoms with van der Waals surface area (Å²) in [7, 11) is 1.82. The summed E-state index contributed by atoms with van der Waals surface area (Å²) in [5.74, 6) is -0.218. The molecular formula is C13H15ClFN3. The van der Waals surface area contributed by atoms with Crippen molar-refractivity contribution in [2.24, 2.45) is 7.05 Å². The summed E-state index contributed by atoms with van der Waals surface area (Å²) in [5.41, 5.74) is 2.96. The van der Waals surface area contributed by atoms with Crippen LogP contribution in [0.4, 0.5) is 4.39 Å². The van der Waals surface area contributed by atoms with Gasteiger partial charge in [-0.2, -0.15) is 5.10 Å². The van der Waals surface area contributed by atoms with Gasteiger partial charge in [0.25, 0.3) is 0 Å². The minimum atomic E-state index is -0.218. The first-order valence-electron chi connectivity index (χ1n) is 5.71. The Bertz CT molecular complexity index is 534. The highest BCUT2D eigenvalue weighted by Crippen LogP contribution is 2.18. The highest BCUT2D eigenvalue weighted by atomic mass is 35.5. The van der Waals surface area contributed by atoms with E-state index in [0.29, 0.717) is 18.2 Å². The molecule has 96 valence electrons. The summed E-state index contributed by atoms with van der Waals surface area (Å²) in [5, 5.41) is 8.17. The van der Waals surface area contributed by atoms with Crippen LogP contribution in [0.5, 0.6) is 0 Å². The van der Waals surface area contributed by atoms with Crippen LogP contribution < -0.4 is 5.32 Å². The third-order valence-electron chi connectivity index (χ3n) is 2.81. The molecule has 0 saturated carbocycles. The topological polar surface area (TPSA) is 29.9 Å². The van der Waals surface area contributed by atoms with E-state index in [2.05, 4.69) is 10.4 Å². The van der Waals surface area contributed by atoms with Crippen molar-refractivity contribution >= 4 is 11.6 Å². The molecule has 1 aromatic carbocycles. The molecule has 18 heavy (non-hydrogen) atoms. The average Bonchev–Trinajstić information content (AvgIpc) is 2.58. The van der Waals surface area contributed by atoms with E-state index >= 15 is 0 Å². The van der Waals surface area contributed by atoms with Crippen molar-refractivity contribution in [3.05, 3.63) is 52.1 Å². The highest BCUT2D eigenvalue weighted by Gasteiger charge is 2.10. The molecule has 2 aromatic rings.